The molecule has 0 aromatic carbocycles. The second-order valence-corrected chi connectivity index (χ2v) is 4.56. The monoisotopic (exact) mass is 198 g/mol. The van der Waals surface area contributed by atoms with E-state index in [4.69, 9.17) is 0 Å². The van der Waals surface area contributed by atoms with Crippen molar-refractivity contribution in [2.75, 3.05) is 12.8 Å². The molecular formula is C10H18N2S. The van der Waals surface area contributed by atoms with E-state index in [1.54, 1.807) is 0 Å². The average Bonchev–Trinajstić information content (AvgIpc) is 2.52. The lowest BCUT2D eigenvalue weighted by atomic mass is 10.4. The summed E-state index contributed by atoms with van der Waals surface area (Å²) in [5.74, 6) is 0. The van der Waals surface area contributed by atoms with E-state index in [1.807, 2.05) is 11.8 Å². The first-order valence-electron chi connectivity index (χ1n) is 4.57. The fourth-order valence-electron chi connectivity index (χ4n) is 1.17. The number of aromatic nitrogens is 1. The first kappa shape index (κ1) is 10.7. The van der Waals surface area contributed by atoms with E-state index >= 15 is 0 Å². The predicted molar refractivity (Wildman–Crippen MR) is 60.1 cm³/mol. The first-order valence-corrected chi connectivity index (χ1v) is 5.86. The molecule has 1 aromatic heterocycles. The lowest BCUT2D eigenvalue weighted by Crippen LogP contribution is -2.22. The summed E-state index contributed by atoms with van der Waals surface area (Å²) < 4.78 is 2.15. The average molecular weight is 198 g/mol. The number of nitrogens with one attached hydrogen (secondary N) is 1. The van der Waals surface area contributed by atoms with E-state index in [1.165, 1.54) is 5.69 Å². The Labute approximate surface area is 84.7 Å². The van der Waals surface area contributed by atoms with Crippen molar-refractivity contribution in [2.45, 2.75) is 18.7 Å². The molecule has 0 bridgehead atoms. The summed E-state index contributed by atoms with van der Waals surface area (Å²) in [6, 6.07) is 4.23. The van der Waals surface area contributed by atoms with Crippen molar-refractivity contribution >= 4 is 11.8 Å². The van der Waals surface area contributed by atoms with E-state index in [0.717, 1.165) is 13.1 Å². The van der Waals surface area contributed by atoms with Crippen molar-refractivity contribution < 1.29 is 0 Å². The smallest absolute Gasteiger partial charge is 0.0359 e. The van der Waals surface area contributed by atoms with Crippen molar-refractivity contribution in [3.8, 4) is 0 Å². The van der Waals surface area contributed by atoms with Gasteiger partial charge in [-0.3, -0.25) is 0 Å². The minimum atomic E-state index is 0.695. The number of aryl methyl sites for hydroxylation is 1. The maximum absolute atomic E-state index is 3.44. The molecule has 1 atom stereocenters. The fourth-order valence-corrected chi connectivity index (χ4v) is 1.45. The molecule has 1 N–H and O–H groups in total. The van der Waals surface area contributed by atoms with Gasteiger partial charge in [0.05, 0.1) is 0 Å². The van der Waals surface area contributed by atoms with Crippen LogP contribution in [0.5, 0.6) is 0 Å². The molecule has 2 nitrogen and oxygen atoms in total. The molecule has 0 aliphatic carbocycles. The van der Waals surface area contributed by atoms with E-state index in [-0.39, 0.29) is 0 Å². The van der Waals surface area contributed by atoms with E-state index in [0.29, 0.717) is 5.25 Å². The zero-order chi connectivity index (χ0) is 9.68. The molecule has 1 unspecified atom stereocenters. The molecule has 74 valence electrons. The maximum Gasteiger partial charge on any atom is 0.0359 e. The van der Waals surface area contributed by atoms with Gasteiger partial charge in [-0.05, 0) is 18.4 Å². The summed E-state index contributed by atoms with van der Waals surface area (Å²) >= 11 is 1.90. The van der Waals surface area contributed by atoms with E-state index in [9.17, 15) is 0 Å². The third-order valence-electron chi connectivity index (χ3n) is 2.19. The summed E-state index contributed by atoms with van der Waals surface area (Å²) in [5.41, 5.74) is 1.34. The van der Waals surface area contributed by atoms with Crippen LogP contribution in [0, 0.1) is 0 Å². The molecule has 1 heterocycles. The zero-order valence-electron chi connectivity index (χ0n) is 8.58. The third kappa shape index (κ3) is 3.44. The highest BCUT2D eigenvalue weighted by molar-refractivity contribution is 7.99. The predicted octanol–water partition coefficient (Wildman–Crippen LogP) is 1.87. The molecule has 1 aromatic rings. The van der Waals surface area contributed by atoms with Gasteiger partial charge in [0, 0.05) is 37.3 Å². The summed E-state index contributed by atoms with van der Waals surface area (Å²) in [6.45, 7) is 4.28. The Morgan fingerprint density at radius 3 is 2.92 bits per heavy atom. The highest BCUT2D eigenvalue weighted by Crippen LogP contribution is 2.03. The lowest BCUT2D eigenvalue weighted by Gasteiger charge is -2.10. The molecule has 0 saturated carbocycles. The third-order valence-corrected chi connectivity index (χ3v) is 3.16. The van der Waals surface area contributed by atoms with Crippen LogP contribution in [0.15, 0.2) is 18.3 Å². The minimum Gasteiger partial charge on any atom is -0.353 e. The number of rotatable bonds is 5. The SMILES string of the molecule is CSC(C)CNCc1cccn1C. The van der Waals surface area contributed by atoms with Crippen LogP contribution in [0.25, 0.3) is 0 Å². The second kappa shape index (κ2) is 5.35. The molecule has 3 heteroatoms. The summed E-state index contributed by atoms with van der Waals surface area (Å²) in [4.78, 5) is 0. The second-order valence-electron chi connectivity index (χ2n) is 3.29. The molecule has 0 aliphatic heterocycles. The summed E-state index contributed by atoms with van der Waals surface area (Å²) in [6.07, 6.45) is 4.23. The van der Waals surface area contributed by atoms with Gasteiger partial charge in [0.2, 0.25) is 0 Å². The Balaban J connectivity index is 2.24. The van der Waals surface area contributed by atoms with Crippen LogP contribution in [0.4, 0.5) is 0 Å². The van der Waals surface area contributed by atoms with Crippen LogP contribution < -0.4 is 5.32 Å². The van der Waals surface area contributed by atoms with Gasteiger partial charge in [-0.25, -0.2) is 0 Å². The van der Waals surface area contributed by atoms with Gasteiger partial charge in [0.25, 0.3) is 0 Å². The Hall–Kier alpha value is -0.410. The van der Waals surface area contributed by atoms with Crippen molar-refractivity contribution in [1.29, 1.82) is 0 Å². The van der Waals surface area contributed by atoms with Crippen LogP contribution >= 0.6 is 11.8 Å². The highest BCUT2D eigenvalue weighted by atomic mass is 32.2. The van der Waals surface area contributed by atoms with Crippen molar-refractivity contribution in [3.63, 3.8) is 0 Å². The number of hydrogen-bond acceptors (Lipinski definition) is 2. The van der Waals surface area contributed by atoms with Gasteiger partial charge in [0.15, 0.2) is 0 Å². The maximum atomic E-state index is 3.44. The molecule has 13 heavy (non-hydrogen) atoms. The lowest BCUT2D eigenvalue weighted by molar-refractivity contribution is 0.651. The molecule has 0 saturated heterocycles. The number of nitrogens with zero attached hydrogens (tertiary/aromatic N) is 1. The normalized spacial score (nSPS) is 13.2. The van der Waals surface area contributed by atoms with Crippen molar-refractivity contribution in [1.82, 2.24) is 9.88 Å². The number of hydrogen-bond donors (Lipinski definition) is 1. The molecule has 0 spiro atoms. The Morgan fingerprint density at radius 1 is 1.62 bits per heavy atom. The van der Waals surface area contributed by atoms with Crippen LogP contribution in [-0.4, -0.2) is 22.6 Å². The molecule has 0 radical (unpaired) electrons. The van der Waals surface area contributed by atoms with Gasteiger partial charge < -0.3 is 9.88 Å². The van der Waals surface area contributed by atoms with Crippen molar-refractivity contribution in [2.24, 2.45) is 7.05 Å². The van der Waals surface area contributed by atoms with Crippen LogP contribution in [0.3, 0.4) is 0 Å². The largest absolute Gasteiger partial charge is 0.353 e. The number of thioether (sulfide) groups is 1. The van der Waals surface area contributed by atoms with Gasteiger partial charge in [-0.1, -0.05) is 6.92 Å². The van der Waals surface area contributed by atoms with Crippen LogP contribution in [0.1, 0.15) is 12.6 Å². The molecule has 1 rings (SSSR count). The van der Waals surface area contributed by atoms with Crippen LogP contribution in [0.2, 0.25) is 0 Å². The van der Waals surface area contributed by atoms with Gasteiger partial charge >= 0.3 is 0 Å². The standard InChI is InChI=1S/C10H18N2S/c1-9(13-3)7-11-8-10-5-4-6-12(10)2/h4-6,9,11H,7-8H2,1-3H3. The molecular weight excluding hydrogens is 180 g/mol. The highest BCUT2D eigenvalue weighted by Gasteiger charge is 1.99. The Bertz CT molecular complexity index is 245. The Kier molecular flexibility index (Phi) is 4.39. The van der Waals surface area contributed by atoms with Crippen molar-refractivity contribution in [3.05, 3.63) is 24.0 Å². The summed E-state index contributed by atoms with van der Waals surface area (Å²) in [7, 11) is 2.08. The van der Waals surface area contributed by atoms with E-state index < -0.39 is 0 Å². The quantitative estimate of drug-likeness (QED) is 0.778. The first-order chi connectivity index (χ1) is 6.24. The van der Waals surface area contributed by atoms with Gasteiger partial charge in [-0.2, -0.15) is 11.8 Å². The molecule has 0 aliphatic rings. The van der Waals surface area contributed by atoms with Crippen LogP contribution in [-0.2, 0) is 13.6 Å². The zero-order valence-corrected chi connectivity index (χ0v) is 9.40. The molecule has 0 amide bonds. The summed E-state index contributed by atoms with van der Waals surface area (Å²) in [5, 5.41) is 4.13. The Morgan fingerprint density at radius 2 is 2.38 bits per heavy atom. The van der Waals surface area contributed by atoms with E-state index in [2.05, 4.69) is 48.4 Å². The minimum absolute atomic E-state index is 0.695. The van der Waals surface area contributed by atoms with Gasteiger partial charge in [-0.15, -0.1) is 0 Å². The van der Waals surface area contributed by atoms with Gasteiger partial charge in [0.1, 0.15) is 0 Å². The molecule has 0 fully saturated rings. The topological polar surface area (TPSA) is 17.0 Å². The fraction of sp³-hybridized carbons (Fsp3) is 0.600.